The van der Waals surface area contributed by atoms with Crippen LogP contribution in [0.5, 0.6) is 0 Å². The predicted molar refractivity (Wildman–Crippen MR) is 233 cm³/mol. The Morgan fingerprint density at radius 1 is 0.397 bits per heavy atom. The zero-order valence-corrected chi connectivity index (χ0v) is 37.7. The summed E-state index contributed by atoms with van der Waals surface area (Å²) in [6, 6.07) is 0. The molecule has 0 bridgehead atoms. The van der Waals surface area contributed by atoms with Gasteiger partial charge in [-0.2, -0.15) is 0 Å². The van der Waals surface area contributed by atoms with E-state index in [0.29, 0.717) is 39.6 Å². The number of aliphatic hydroxyl groups excluding tert-OH is 4. The summed E-state index contributed by atoms with van der Waals surface area (Å²) < 4.78 is 40.2. The lowest BCUT2D eigenvalue weighted by molar-refractivity contribution is -0.302. The molecule has 58 heavy (non-hydrogen) atoms. The van der Waals surface area contributed by atoms with Gasteiger partial charge in [-0.15, -0.1) is 0 Å². The van der Waals surface area contributed by atoms with Gasteiger partial charge in [0.1, 0.15) is 30.5 Å². The predicted octanol–water partition coefficient (Wildman–Crippen LogP) is 9.22. The van der Waals surface area contributed by atoms with Crippen LogP contribution in [-0.4, -0.2) is 130 Å². The van der Waals surface area contributed by atoms with Crippen LogP contribution in [-0.2, 0) is 33.2 Å². The van der Waals surface area contributed by atoms with Crippen LogP contribution in [0.3, 0.4) is 0 Å². The molecule has 11 nitrogen and oxygen atoms in total. The largest absolute Gasteiger partial charge is 0.394 e. The molecule has 6 atom stereocenters. The third kappa shape index (κ3) is 33.2. The first kappa shape index (κ1) is 55.6. The highest BCUT2D eigenvalue weighted by molar-refractivity contribution is 4.88. The van der Waals surface area contributed by atoms with Gasteiger partial charge in [-0.05, 0) is 12.8 Å². The summed E-state index contributed by atoms with van der Waals surface area (Å²) in [5, 5.41) is 39.1. The quantitative estimate of drug-likeness (QED) is 0.0436. The summed E-state index contributed by atoms with van der Waals surface area (Å²) >= 11 is 0. The molecule has 1 aliphatic rings. The van der Waals surface area contributed by atoms with E-state index in [4.69, 9.17) is 33.2 Å². The molecule has 1 heterocycles. The molecule has 1 unspecified atom stereocenters. The fourth-order valence-electron chi connectivity index (χ4n) is 7.39. The van der Waals surface area contributed by atoms with Gasteiger partial charge in [0.15, 0.2) is 6.29 Å². The van der Waals surface area contributed by atoms with Crippen LogP contribution in [0.25, 0.3) is 0 Å². The lowest BCUT2D eigenvalue weighted by atomic mass is 9.99. The normalized spacial score (nSPS) is 20.3. The highest BCUT2D eigenvalue weighted by Gasteiger charge is 2.43. The van der Waals surface area contributed by atoms with Gasteiger partial charge in [-0.25, -0.2) is 0 Å². The smallest absolute Gasteiger partial charge is 0.186 e. The maximum atomic E-state index is 10.0. The van der Waals surface area contributed by atoms with E-state index in [1.807, 2.05) is 0 Å². The van der Waals surface area contributed by atoms with Gasteiger partial charge in [-0.3, -0.25) is 0 Å². The van der Waals surface area contributed by atoms with Gasteiger partial charge in [0.25, 0.3) is 0 Å². The van der Waals surface area contributed by atoms with Crippen molar-refractivity contribution < 1.29 is 53.6 Å². The zero-order valence-electron chi connectivity index (χ0n) is 37.7. The van der Waals surface area contributed by atoms with E-state index in [-0.39, 0.29) is 19.3 Å². The maximum Gasteiger partial charge on any atom is 0.186 e. The van der Waals surface area contributed by atoms with E-state index < -0.39 is 37.3 Å². The van der Waals surface area contributed by atoms with Gasteiger partial charge in [-0.1, -0.05) is 181 Å². The first-order chi connectivity index (χ1) is 28.5. The van der Waals surface area contributed by atoms with Crippen molar-refractivity contribution in [1.29, 1.82) is 0 Å². The molecule has 0 aliphatic carbocycles. The Morgan fingerprint density at radius 3 is 1.19 bits per heavy atom. The summed E-state index contributed by atoms with van der Waals surface area (Å²) in [5.41, 5.74) is 0. The average Bonchev–Trinajstić information content (AvgIpc) is 3.23. The Balaban J connectivity index is 2.14. The highest BCUT2D eigenvalue weighted by Crippen LogP contribution is 2.22. The fourth-order valence-corrected chi connectivity index (χ4v) is 7.39. The molecule has 1 rings (SSSR count). The van der Waals surface area contributed by atoms with Crippen molar-refractivity contribution in [2.45, 2.75) is 230 Å². The second-order valence-corrected chi connectivity index (χ2v) is 16.6. The summed E-state index contributed by atoms with van der Waals surface area (Å²) in [6.07, 6.45) is 31.2. The van der Waals surface area contributed by atoms with E-state index in [9.17, 15) is 20.4 Å². The monoisotopic (exact) mass is 835 g/mol. The van der Waals surface area contributed by atoms with Crippen molar-refractivity contribution in [1.82, 2.24) is 0 Å². The van der Waals surface area contributed by atoms with Crippen LogP contribution in [0.1, 0.15) is 194 Å². The topological polar surface area (TPSA) is 146 Å². The molecule has 4 N–H and O–H groups in total. The molecule has 0 saturated carbocycles. The van der Waals surface area contributed by atoms with Crippen LogP contribution in [0.15, 0.2) is 0 Å². The molecule has 0 aromatic carbocycles. The zero-order chi connectivity index (χ0) is 42.0. The number of aliphatic hydroxyl groups is 4. The van der Waals surface area contributed by atoms with Crippen LogP contribution < -0.4 is 0 Å². The Morgan fingerprint density at radius 2 is 0.759 bits per heavy atom. The number of hydrogen-bond acceptors (Lipinski definition) is 11. The SMILES string of the molecule is CCCCCCCCCCCCCCCCOCC(COCCOCCOCCO[C@H]1O[C@H](CO)[C@@H](O)[C@H](O)[C@@H]1O)OCCCCCCCCCCCCCCCC. The third-order valence-electron chi connectivity index (χ3n) is 11.2. The van der Waals surface area contributed by atoms with Crippen LogP contribution in [0, 0.1) is 0 Å². The Kier molecular flexibility index (Phi) is 41.4. The van der Waals surface area contributed by atoms with Gasteiger partial charge in [0, 0.05) is 13.2 Å². The van der Waals surface area contributed by atoms with E-state index in [1.165, 1.54) is 167 Å². The number of unbranched alkanes of at least 4 members (excludes halogenated alkanes) is 26. The molecule has 0 aromatic heterocycles. The van der Waals surface area contributed by atoms with Crippen molar-refractivity contribution in [3.63, 3.8) is 0 Å². The molecule has 1 saturated heterocycles. The van der Waals surface area contributed by atoms with Gasteiger partial charge < -0.3 is 53.6 Å². The number of hydrogen-bond donors (Lipinski definition) is 4. The molecule has 0 spiro atoms. The number of ether oxygens (including phenoxy) is 7. The fraction of sp³-hybridized carbons (Fsp3) is 1.00. The van der Waals surface area contributed by atoms with Crippen molar-refractivity contribution in [3.8, 4) is 0 Å². The first-order valence-electron chi connectivity index (χ1n) is 24.4. The Labute approximate surface area is 355 Å². The van der Waals surface area contributed by atoms with E-state index >= 15 is 0 Å². The van der Waals surface area contributed by atoms with Crippen LogP contribution >= 0.6 is 0 Å². The second-order valence-electron chi connectivity index (χ2n) is 16.6. The second kappa shape index (κ2) is 43.2. The third-order valence-corrected chi connectivity index (χ3v) is 11.2. The molecule has 1 aliphatic heterocycles. The molecule has 348 valence electrons. The lowest BCUT2D eigenvalue weighted by Crippen LogP contribution is -2.59. The van der Waals surface area contributed by atoms with Crippen molar-refractivity contribution in [3.05, 3.63) is 0 Å². The Bertz CT molecular complexity index is 807. The number of rotatable bonds is 46. The first-order valence-corrected chi connectivity index (χ1v) is 24.4. The molecule has 1 fully saturated rings. The lowest BCUT2D eigenvalue weighted by Gasteiger charge is -2.39. The van der Waals surface area contributed by atoms with Crippen molar-refractivity contribution >= 4 is 0 Å². The van der Waals surface area contributed by atoms with Crippen LogP contribution in [0.2, 0.25) is 0 Å². The summed E-state index contributed by atoms with van der Waals surface area (Å²) in [7, 11) is 0. The van der Waals surface area contributed by atoms with E-state index in [0.717, 1.165) is 26.1 Å². The van der Waals surface area contributed by atoms with E-state index in [1.54, 1.807) is 0 Å². The highest BCUT2D eigenvalue weighted by atomic mass is 16.7. The summed E-state index contributed by atoms with van der Waals surface area (Å²) in [6.45, 7) is 8.59. The summed E-state index contributed by atoms with van der Waals surface area (Å²) in [5.74, 6) is 0. The van der Waals surface area contributed by atoms with Crippen molar-refractivity contribution in [2.24, 2.45) is 0 Å². The minimum absolute atomic E-state index is 0.0827. The maximum absolute atomic E-state index is 10.0. The van der Waals surface area contributed by atoms with Gasteiger partial charge in [0.2, 0.25) is 0 Å². The van der Waals surface area contributed by atoms with Gasteiger partial charge in [0.05, 0.1) is 59.5 Å². The molecular weight excluding hydrogens is 741 g/mol. The summed E-state index contributed by atoms with van der Waals surface area (Å²) in [4.78, 5) is 0. The molecule has 0 radical (unpaired) electrons. The minimum Gasteiger partial charge on any atom is -0.394 e. The van der Waals surface area contributed by atoms with Crippen LogP contribution in [0.4, 0.5) is 0 Å². The molecule has 0 amide bonds. The molecule has 0 aromatic rings. The van der Waals surface area contributed by atoms with Crippen molar-refractivity contribution in [2.75, 3.05) is 72.7 Å². The standard InChI is InChI=1S/C47H94O11/c1-3-5-7-9-11-13-15-17-19-21-23-25-27-29-31-54-40-42(56-32-30-28-26-24-22-20-18-16-14-12-10-8-6-4-2)41-55-36-35-52-33-34-53-37-38-57-47-46(51)45(50)44(49)43(39-48)58-47/h42-51H,3-41H2,1-2H3/t42?,43-,44-,45+,46+,47+/m1/s1. The Hall–Kier alpha value is -0.440. The van der Waals surface area contributed by atoms with Gasteiger partial charge >= 0.3 is 0 Å². The molecular formula is C47H94O11. The minimum atomic E-state index is -1.46. The average molecular weight is 835 g/mol. The molecule has 11 heteroatoms. The van der Waals surface area contributed by atoms with E-state index in [2.05, 4.69) is 13.8 Å².